The molecule has 0 aliphatic carbocycles. The van der Waals surface area contributed by atoms with E-state index in [-0.39, 0.29) is 5.56 Å². The Labute approximate surface area is 87.4 Å². The van der Waals surface area contributed by atoms with Gasteiger partial charge in [-0.05, 0) is 24.6 Å². The van der Waals surface area contributed by atoms with Crippen LogP contribution in [0, 0.1) is 6.92 Å². The third kappa shape index (κ3) is 1.53. The molecule has 0 unspecified atom stereocenters. The fraction of sp³-hybridized carbons (Fsp3) is 0.273. The van der Waals surface area contributed by atoms with E-state index in [9.17, 15) is 4.79 Å². The van der Waals surface area contributed by atoms with Gasteiger partial charge in [-0.25, -0.2) is 4.98 Å². The number of aromatic nitrogens is 2. The molecule has 1 aromatic carbocycles. The first kappa shape index (κ1) is 9.86. The van der Waals surface area contributed by atoms with Gasteiger partial charge in [0.1, 0.15) is 5.82 Å². The molecule has 0 bridgehead atoms. The highest BCUT2D eigenvalue weighted by Gasteiger charge is 2.05. The highest BCUT2D eigenvalue weighted by Crippen LogP contribution is 2.10. The number of nitrogens with two attached hydrogens (primary N) is 1. The molecule has 0 aliphatic heterocycles. The van der Waals surface area contributed by atoms with Gasteiger partial charge in [-0.1, -0.05) is 6.07 Å². The van der Waals surface area contributed by atoms with E-state index < -0.39 is 0 Å². The molecule has 1 aromatic heterocycles. The zero-order chi connectivity index (χ0) is 11.0. The Morgan fingerprint density at radius 3 is 2.87 bits per heavy atom. The lowest BCUT2D eigenvalue weighted by atomic mass is 10.1. The van der Waals surface area contributed by atoms with Crippen molar-refractivity contribution in [2.24, 2.45) is 12.8 Å². The van der Waals surface area contributed by atoms with E-state index in [0.717, 1.165) is 11.1 Å². The smallest absolute Gasteiger partial charge is 0.261 e. The summed E-state index contributed by atoms with van der Waals surface area (Å²) in [4.78, 5) is 16.2. The second-order valence-electron chi connectivity index (χ2n) is 3.58. The molecule has 4 heteroatoms. The molecule has 0 radical (unpaired) electrons. The Morgan fingerprint density at radius 1 is 1.47 bits per heavy atom. The summed E-state index contributed by atoms with van der Waals surface area (Å²) in [6.45, 7) is 2.25. The Bertz CT molecular complexity index is 572. The predicted octanol–water partition coefficient (Wildman–Crippen LogP) is 0.701. The van der Waals surface area contributed by atoms with E-state index in [1.54, 1.807) is 11.6 Å². The minimum atomic E-state index is -0.0206. The summed E-state index contributed by atoms with van der Waals surface area (Å²) in [6.07, 6.45) is 0. The Hall–Kier alpha value is -1.68. The van der Waals surface area contributed by atoms with Crippen LogP contribution in [0.4, 0.5) is 0 Å². The summed E-state index contributed by atoms with van der Waals surface area (Å²) in [7, 11) is 1.72. The maximum absolute atomic E-state index is 11.9. The van der Waals surface area contributed by atoms with Crippen LogP contribution in [0.1, 0.15) is 11.4 Å². The van der Waals surface area contributed by atoms with Crippen LogP contribution in [0.3, 0.4) is 0 Å². The predicted molar refractivity (Wildman–Crippen MR) is 59.6 cm³/mol. The zero-order valence-corrected chi connectivity index (χ0v) is 8.82. The van der Waals surface area contributed by atoms with Crippen LogP contribution < -0.4 is 11.3 Å². The molecule has 15 heavy (non-hydrogen) atoms. The average Bonchev–Trinajstić information content (AvgIpc) is 2.26. The first-order valence-electron chi connectivity index (χ1n) is 4.80. The van der Waals surface area contributed by atoms with Gasteiger partial charge in [0.2, 0.25) is 0 Å². The molecule has 0 aliphatic rings. The molecule has 0 fully saturated rings. The van der Waals surface area contributed by atoms with Crippen LogP contribution in [0.25, 0.3) is 10.9 Å². The van der Waals surface area contributed by atoms with Gasteiger partial charge in [0.15, 0.2) is 0 Å². The van der Waals surface area contributed by atoms with Crippen molar-refractivity contribution in [3.05, 3.63) is 39.9 Å². The largest absolute Gasteiger partial charge is 0.326 e. The van der Waals surface area contributed by atoms with Crippen molar-refractivity contribution in [3.63, 3.8) is 0 Å². The summed E-state index contributed by atoms with van der Waals surface area (Å²) in [5, 5.41) is 0.631. The quantitative estimate of drug-likeness (QED) is 0.742. The van der Waals surface area contributed by atoms with Crippen LogP contribution in [0.15, 0.2) is 23.0 Å². The molecule has 78 valence electrons. The molecule has 2 N–H and O–H groups in total. The second kappa shape index (κ2) is 3.47. The molecule has 0 atom stereocenters. The van der Waals surface area contributed by atoms with Crippen molar-refractivity contribution in [2.75, 3.05) is 0 Å². The minimum Gasteiger partial charge on any atom is -0.326 e. The van der Waals surface area contributed by atoms with Gasteiger partial charge in [0, 0.05) is 13.6 Å². The van der Waals surface area contributed by atoms with Gasteiger partial charge in [-0.15, -0.1) is 0 Å². The van der Waals surface area contributed by atoms with Crippen LogP contribution in [0.5, 0.6) is 0 Å². The van der Waals surface area contributed by atoms with E-state index in [1.165, 1.54) is 0 Å². The lowest BCUT2D eigenvalue weighted by Gasteiger charge is -2.05. The molecular weight excluding hydrogens is 190 g/mol. The van der Waals surface area contributed by atoms with E-state index in [2.05, 4.69) is 4.98 Å². The normalized spacial score (nSPS) is 10.9. The van der Waals surface area contributed by atoms with Crippen molar-refractivity contribution in [1.82, 2.24) is 9.55 Å². The topological polar surface area (TPSA) is 60.9 Å². The highest BCUT2D eigenvalue weighted by atomic mass is 16.1. The van der Waals surface area contributed by atoms with E-state index in [1.807, 2.05) is 25.1 Å². The number of hydrogen-bond donors (Lipinski definition) is 1. The Balaban J connectivity index is 2.88. The molecule has 2 aromatic rings. The van der Waals surface area contributed by atoms with Gasteiger partial charge in [-0.2, -0.15) is 0 Å². The maximum Gasteiger partial charge on any atom is 0.261 e. The van der Waals surface area contributed by atoms with E-state index in [4.69, 9.17) is 5.73 Å². The SMILES string of the molecule is Cc1nc2ccc(CN)cc2c(=O)n1C. The van der Waals surface area contributed by atoms with Gasteiger partial charge in [0.25, 0.3) is 5.56 Å². The van der Waals surface area contributed by atoms with Crippen molar-refractivity contribution < 1.29 is 0 Å². The average molecular weight is 203 g/mol. The molecular formula is C11H13N3O. The molecule has 0 saturated carbocycles. The lowest BCUT2D eigenvalue weighted by Crippen LogP contribution is -2.20. The summed E-state index contributed by atoms with van der Waals surface area (Å²) < 4.78 is 1.54. The molecule has 0 saturated heterocycles. The Morgan fingerprint density at radius 2 is 2.20 bits per heavy atom. The van der Waals surface area contributed by atoms with Gasteiger partial charge >= 0.3 is 0 Å². The molecule has 1 heterocycles. The van der Waals surface area contributed by atoms with Crippen LogP contribution >= 0.6 is 0 Å². The number of hydrogen-bond acceptors (Lipinski definition) is 3. The number of rotatable bonds is 1. The van der Waals surface area contributed by atoms with Crippen molar-refractivity contribution in [1.29, 1.82) is 0 Å². The second-order valence-corrected chi connectivity index (χ2v) is 3.58. The standard InChI is InChI=1S/C11H13N3O/c1-7-13-10-4-3-8(6-12)5-9(10)11(15)14(7)2/h3-5H,6,12H2,1-2H3. The van der Waals surface area contributed by atoms with Crippen LogP contribution in [-0.4, -0.2) is 9.55 Å². The first-order chi connectivity index (χ1) is 7.13. The van der Waals surface area contributed by atoms with Crippen LogP contribution in [0.2, 0.25) is 0 Å². The van der Waals surface area contributed by atoms with Crippen LogP contribution in [-0.2, 0) is 13.6 Å². The molecule has 0 amide bonds. The number of aryl methyl sites for hydroxylation is 1. The third-order valence-corrected chi connectivity index (χ3v) is 2.60. The van der Waals surface area contributed by atoms with E-state index in [0.29, 0.717) is 17.8 Å². The number of fused-ring (bicyclic) bond motifs is 1. The van der Waals surface area contributed by atoms with Gasteiger partial charge in [0.05, 0.1) is 10.9 Å². The first-order valence-corrected chi connectivity index (χ1v) is 4.80. The fourth-order valence-electron chi connectivity index (χ4n) is 1.56. The fourth-order valence-corrected chi connectivity index (χ4v) is 1.56. The summed E-state index contributed by atoms with van der Waals surface area (Å²) in [6, 6.07) is 5.55. The molecule has 0 spiro atoms. The number of nitrogens with zero attached hydrogens (tertiary/aromatic N) is 2. The summed E-state index contributed by atoms with van der Waals surface area (Å²) in [5.41, 5.74) is 7.19. The third-order valence-electron chi connectivity index (χ3n) is 2.60. The van der Waals surface area contributed by atoms with Gasteiger partial charge < -0.3 is 5.73 Å². The monoisotopic (exact) mass is 203 g/mol. The maximum atomic E-state index is 11.9. The van der Waals surface area contributed by atoms with Crippen molar-refractivity contribution >= 4 is 10.9 Å². The highest BCUT2D eigenvalue weighted by molar-refractivity contribution is 5.78. The Kier molecular flexibility index (Phi) is 2.28. The van der Waals surface area contributed by atoms with Crippen molar-refractivity contribution in [3.8, 4) is 0 Å². The molecule has 2 rings (SSSR count). The van der Waals surface area contributed by atoms with Gasteiger partial charge in [-0.3, -0.25) is 9.36 Å². The number of benzene rings is 1. The van der Waals surface area contributed by atoms with E-state index >= 15 is 0 Å². The zero-order valence-electron chi connectivity index (χ0n) is 8.82. The molecule has 4 nitrogen and oxygen atoms in total. The van der Waals surface area contributed by atoms with Crippen molar-refractivity contribution in [2.45, 2.75) is 13.5 Å². The summed E-state index contributed by atoms with van der Waals surface area (Å²) >= 11 is 0. The lowest BCUT2D eigenvalue weighted by molar-refractivity contribution is 0.792. The summed E-state index contributed by atoms with van der Waals surface area (Å²) in [5.74, 6) is 0.716. The minimum absolute atomic E-state index is 0.0206.